The van der Waals surface area contributed by atoms with Crippen molar-refractivity contribution in [2.75, 3.05) is 68.5 Å². The Bertz CT molecular complexity index is 3730. The van der Waals surface area contributed by atoms with Crippen LogP contribution < -0.4 is 41.0 Å². The molecule has 83 heavy (non-hydrogen) atoms. The number of aromatic nitrogens is 3. The number of aromatic hydroxyl groups is 1. The molecule has 0 aliphatic carbocycles. The third kappa shape index (κ3) is 10.7. The van der Waals surface area contributed by atoms with E-state index in [2.05, 4.69) is 68.1 Å². The van der Waals surface area contributed by atoms with Gasteiger partial charge < -0.3 is 46.1 Å². The molecule has 0 saturated carbocycles. The van der Waals surface area contributed by atoms with Crippen molar-refractivity contribution in [1.29, 1.82) is 0 Å². The summed E-state index contributed by atoms with van der Waals surface area (Å²) < 4.78 is 45.8. The lowest BCUT2D eigenvalue weighted by atomic mass is 9.63. The number of phenolic OH excluding ortho intramolecular Hbond substituents is 1. The maximum absolute atomic E-state index is 17.2. The second-order valence-electron chi connectivity index (χ2n) is 23.9. The fraction of sp³-hybridized carbons (Fsp3) is 0.391. The number of halogens is 4. The normalized spacial score (nSPS) is 22.9. The summed E-state index contributed by atoms with van der Waals surface area (Å²) in [5.74, 6) is 0.841. The Labute approximate surface area is 491 Å². The second-order valence-corrected chi connectivity index (χ2v) is 24.8. The largest absolute Gasteiger partial charge is 0.508 e. The van der Waals surface area contributed by atoms with Crippen LogP contribution in [0.5, 0.6) is 17.5 Å². The number of terminal acetylenes is 1. The molecule has 7 heterocycles. The van der Waals surface area contributed by atoms with Crippen molar-refractivity contribution in [3.63, 3.8) is 0 Å². The third-order valence-corrected chi connectivity index (χ3v) is 18.0. The van der Waals surface area contributed by atoms with Gasteiger partial charge in [0.2, 0.25) is 5.91 Å². The smallest absolute Gasteiger partial charge is 0.319 e. The summed E-state index contributed by atoms with van der Waals surface area (Å²) in [5, 5.41) is 30.0. The van der Waals surface area contributed by atoms with Gasteiger partial charge in [-0.05, 0) is 122 Å². The molecule has 5 aromatic carbocycles. The predicted molar refractivity (Wildman–Crippen MR) is 321 cm³/mol. The molecule has 6 N–H and O–H groups in total. The number of likely N-dealkylation sites (tertiary alicyclic amines) is 1. The number of benzene rings is 5. The third-order valence-electron chi connectivity index (χ3n) is 17.4. The number of nitrogens with one attached hydrogen (secondary N) is 5. The van der Waals surface area contributed by atoms with Gasteiger partial charge in [-0.25, -0.2) is 8.78 Å². The van der Waals surface area contributed by atoms with Gasteiger partial charge in [-0.1, -0.05) is 80.2 Å². The summed E-state index contributed by atoms with van der Waals surface area (Å²) in [6.07, 6.45) is 12.7. The summed E-state index contributed by atoms with van der Waals surface area (Å²) >= 11 is 13.0. The van der Waals surface area contributed by atoms with Crippen LogP contribution in [0.1, 0.15) is 92.3 Å². The fourth-order valence-corrected chi connectivity index (χ4v) is 14.1. The van der Waals surface area contributed by atoms with E-state index < -0.39 is 34.9 Å². The second kappa shape index (κ2) is 22.7. The van der Waals surface area contributed by atoms with Gasteiger partial charge >= 0.3 is 6.01 Å². The number of piperazine rings is 1. The van der Waals surface area contributed by atoms with Crippen molar-refractivity contribution in [2.24, 2.45) is 5.41 Å². The maximum atomic E-state index is 17.2. The van der Waals surface area contributed by atoms with Gasteiger partial charge in [0.1, 0.15) is 41.0 Å². The van der Waals surface area contributed by atoms with E-state index in [0.717, 1.165) is 43.5 Å². The number of amides is 2. The summed E-state index contributed by atoms with van der Waals surface area (Å²) in [7, 11) is 1.48. The van der Waals surface area contributed by atoms with Crippen molar-refractivity contribution in [3.8, 4) is 41.1 Å². The molecule has 12 rings (SSSR count). The Kier molecular flexibility index (Phi) is 15.3. The predicted octanol–water partition coefficient (Wildman–Crippen LogP) is 10.6. The monoisotopic (exact) mass is 1160 g/mol. The number of hydrogen-bond donors (Lipinski definition) is 6. The number of carbonyl (C=O) groups excluding carboxylic acids is 2. The number of fused-ring (bicyclic) bond motifs is 6. The minimum Gasteiger partial charge on any atom is -0.508 e. The molecule has 0 radical (unpaired) electrons. The summed E-state index contributed by atoms with van der Waals surface area (Å²) in [6.45, 7) is 10.4. The molecule has 7 aromatic rings. The number of rotatable bonds is 15. The number of hydrogen-bond acceptors (Lipinski definition) is 13. The Morgan fingerprint density at radius 2 is 1.77 bits per heavy atom. The molecule has 7 atom stereocenters. The van der Waals surface area contributed by atoms with Crippen LogP contribution in [0.25, 0.3) is 32.9 Å². The number of nitrogens with zero attached hydrogens (tertiary/aromatic N) is 5. The highest BCUT2D eigenvalue weighted by atomic mass is 35.5. The molecule has 5 aliphatic rings. The fourth-order valence-electron chi connectivity index (χ4n) is 13.8. The number of ether oxygens (including phenoxy) is 2. The van der Waals surface area contributed by atoms with Crippen molar-refractivity contribution >= 4 is 73.9 Å². The van der Waals surface area contributed by atoms with Crippen LogP contribution in [0.4, 0.5) is 26.0 Å². The van der Waals surface area contributed by atoms with E-state index in [4.69, 9.17) is 49.1 Å². The first-order valence-corrected chi connectivity index (χ1v) is 29.2. The van der Waals surface area contributed by atoms with Gasteiger partial charge in [0.05, 0.1) is 29.2 Å². The zero-order chi connectivity index (χ0) is 57.9. The van der Waals surface area contributed by atoms with E-state index in [-0.39, 0.29) is 75.8 Å². The first-order chi connectivity index (χ1) is 40.0. The van der Waals surface area contributed by atoms with Gasteiger partial charge in [-0.2, -0.15) is 9.97 Å². The lowest BCUT2D eigenvalue weighted by Crippen LogP contribution is -2.51. The Morgan fingerprint density at radius 1 is 0.964 bits per heavy atom. The van der Waals surface area contributed by atoms with Gasteiger partial charge in [-0.3, -0.25) is 19.5 Å². The zero-order valence-electron chi connectivity index (χ0n) is 46.7. The van der Waals surface area contributed by atoms with Crippen LogP contribution in [0.15, 0.2) is 91.1 Å². The van der Waals surface area contributed by atoms with Gasteiger partial charge in [0, 0.05) is 107 Å². The molecular formula is C64H66Cl2F2N10O5. The quantitative estimate of drug-likeness (QED) is 0.0423. The molecule has 2 aromatic heterocycles. The highest BCUT2D eigenvalue weighted by Crippen LogP contribution is 2.57. The van der Waals surface area contributed by atoms with Gasteiger partial charge in [0.25, 0.3) is 5.91 Å². The van der Waals surface area contributed by atoms with Crippen LogP contribution in [-0.2, 0) is 10.2 Å². The summed E-state index contributed by atoms with van der Waals surface area (Å²) in [6, 6.07) is 23.4. The van der Waals surface area contributed by atoms with Crippen LogP contribution in [0.3, 0.4) is 0 Å². The molecule has 430 valence electrons. The number of phenols is 1. The average molecular weight is 1160 g/mol. The van der Waals surface area contributed by atoms with Crippen LogP contribution in [0.2, 0.25) is 10.0 Å². The van der Waals surface area contributed by atoms with Gasteiger partial charge in [-0.15, -0.1) is 6.42 Å². The van der Waals surface area contributed by atoms with E-state index in [1.165, 1.54) is 19.2 Å². The minimum atomic E-state index is -0.912. The van der Waals surface area contributed by atoms with Crippen LogP contribution in [0, 0.1) is 29.4 Å². The van der Waals surface area contributed by atoms with E-state index in [1.54, 1.807) is 54.7 Å². The molecule has 15 nitrogen and oxygen atoms in total. The summed E-state index contributed by atoms with van der Waals surface area (Å²) in [4.78, 5) is 47.4. The molecule has 1 spiro atoms. The van der Waals surface area contributed by atoms with E-state index in [0.29, 0.717) is 101 Å². The van der Waals surface area contributed by atoms with E-state index in [9.17, 15) is 14.7 Å². The molecule has 4 saturated heterocycles. The van der Waals surface area contributed by atoms with Crippen molar-refractivity contribution < 1.29 is 33.0 Å². The van der Waals surface area contributed by atoms with E-state index in [1.807, 2.05) is 24.3 Å². The Hall–Kier alpha value is -7.33. The maximum Gasteiger partial charge on any atom is 0.319 e. The van der Waals surface area contributed by atoms with Crippen molar-refractivity contribution in [1.82, 2.24) is 35.8 Å². The Morgan fingerprint density at radius 3 is 2.55 bits per heavy atom. The van der Waals surface area contributed by atoms with Crippen LogP contribution in [-0.4, -0.2) is 120 Å². The first-order valence-electron chi connectivity index (χ1n) is 28.5. The van der Waals surface area contributed by atoms with E-state index >= 15 is 8.78 Å². The Balaban J connectivity index is 0.720. The number of carbonyl (C=O) groups is 2. The topological polar surface area (TPSA) is 178 Å². The minimum absolute atomic E-state index is 0.00560. The number of pyridine rings is 1. The average Bonchev–Trinajstić information content (AvgIpc) is 1.88. The number of methoxy groups -OCH3 is 1. The molecule has 2 bridgehead atoms. The first kappa shape index (κ1) is 56.2. The van der Waals surface area contributed by atoms with Crippen molar-refractivity contribution in [2.45, 2.75) is 101 Å². The molecule has 2 amide bonds. The molecule has 4 fully saturated rings. The molecule has 5 aliphatic heterocycles. The highest BCUT2D eigenvalue weighted by molar-refractivity contribution is 6.31. The molecule has 19 heteroatoms. The molecular weight excluding hydrogens is 1100 g/mol. The van der Waals surface area contributed by atoms with Gasteiger partial charge in [0.15, 0.2) is 5.82 Å². The zero-order valence-corrected chi connectivity index (χ0v) is 48.2. The molecule has 4 unspecified atom stereocenters. The standard InChI is InChI=1S/C64H66Cl2F2N10O5/c1-6-35-11-7-12-36-25-42(79)28-44(52(35)36)56-55(68)57-45(30-70-56)59(78-31-39-18-19-40(32-78)72-39)76-62(75-57)83-33-41-13-9-23-77(41)24-10-22-69-60(80)37-16-21-48(50(26-37)82-5)73-61(81)58-53(43-14-8-15-47(66)54(43)67)64(51(74-58)29-63(2,3)4)34-71-49-27-38(65)17-20-46(49)64/h1,7-8,11-12,14-17,20-21,25-28,30,39-41,51,53,58,71-72,74,79H,9-10,13,18-19,22-24,29,31-34H2,2-5H3,(H,69,80)(H,73,81)/t39-,40+,41-,51?,53?,58?,64?/m0/s1. The SMILES string of the molecule is C#Cc1cccc2cc(O)cc(-c3ncc4c(N5C[C@H]6CC[C@@H](C5)N6)nc(OC[C@@H]5CCCN5CCCNC(=O)c5ccc(NC(=O)C6NC(CC(C)(C)C)C7(CNc8cc(Cl)ccc87)C6c6cccc(Cl)c6F)c(OC)c5)nc4c3F)c12. The number of anilines is 3. The lowest BCUT2D eigenvalue weighted by molar-refractivity contribution is -0.118. The van der Waals surface area contributed by atoms with Crippen molar-refractivity contribution in [3.05, 3.63) is 135 Å². The lowest BCUT2D eigenvalue weighted by Gasteiger charge is -2.39. The summed E-state index contributed by atoms with van der Waals surface area (Å²) in [5.41, 5.74) is 2.83. The highest BCUT2D eigenvalue weighted by Gasteiger charge is 2.61. The van der Waals surface area contributed by atoms with Crippen LogP contribution >= 0.6 is 23.2 Å².